The third kappa shape index (κ3) is 5.49. The quantitative estimate of drug-likeness (QED) is 0.786. The Kier molecular flexibility index (Phi) is 6.78. The highest BCUT2D eigenvalue weighted by atomic mass is 32.2. The van der Waals surface area contributed by atoms with Gasteiger partial charge < -0.3 is 10.2 Å². The van der Waals surface area contributed by atoms with Crippen molar-refractivity contribution in [1.82, 2.24) is 9.88 Å². The van der Waals surface area contributed by atoms with E-state index in [-0.39, 0.29) is 23.3 Å². The van der Waals surface area contributed by atoms with Gasteiger partial charge in [0.05, 0.1) is 17.2 Å². The lowest BCUT2D eigenvalue weighted by Gasteiger charge is -2.26. The first-order chi connectivity index (χ1) is 13.0. The van der Waals surface area contributed by atoms with Gasteiger partial charge in [0.15, 0.2) is 16.8 Å². The number of thioether (sulfide) groups is 1. The average molecular weight is 411 g/mol. The summed E-state index contributed by atoms with van der Waals surface area (Å²) >= 11 is 2.47. The number of likely N-dealkylation sites (tertiary alicyclic amines) is 1. The number of aromatic nitrogens is 1. The lowest BCUT2D eigenvalue weighted by molar-refractivity contribution is -0.129. The number of hydrogen-bond donors (Lipinski definition) is 1. The summed E-state index contributed by atoms with van der Waals surface area (Å²) < 4.78 is 26.3. The Morgan fingerprint density at radius 2 is 1.93 bits per heavy atom. The minimum absolute atomic E-state index is 0.0716. The second-order valence-electron chi connectivity index (χ2n) is 6.15. The van der Waals surface area contributed by atoms with Crippen molar-refractivity contribution >= 4 is 40.0 Å². The number of benzene rings is 1. The predicted octanol–water partition coefficient (Wildman–Crippen LogP) is 3.77. The van der Waals surface area contributed by atoms with Crippen LogP contribution < -0.4 is 5.32 Å². The number of rotatable bonds is 6. The minimum atomic E-state index is -0.944. The van der Waals surface area contributed by atoms with E-state index in [1.807, 2.05) is 4.90 Å². The molecule has 0 saturated carbocycles. The first-order valence-corrected chi connectivity index (χ1v) is 10.6. The monoisotopic (exact) mass is 411 g/mol. The highest BCUT2D eigenvalue weighted by Crippen LogP contribution is 2.26. The molecule has 0 atom stereocenters. The lowest BCUT2D eigenvalue weighted by atomic mass is 10.1. The van der Waals surface area contributed by atoms with Crippen LogP contribution in [0.2, 0.25) is 0 Å². The molecule has 27 heavy (non-hydrogen) atoms. The van der Waals surface area contributed by atoms with Crippen LogP contribution in [0.1, 0.15) is 19.3 Å². The fourth-order valence-electron chi connectivity index (χ4n) is 2.74. The van der Waals surface area contributed by atoms with E-state index in [9.17, 15) is 18.4 Å². The Balaban J connectivity index is 1.46. The second kappa shape index (κ2) is 9.27. The number of carbonyl (C=O) groups is 2. The Morgan fingerprint density at radius 1 is 1.15 bits per heavy atom. The molecule has 0 bridgehead atoms. The van der Waals surface area contributed by atoms with Gasteiger partial charge in [0.25, 0.3) is 0 Å². The Labute approximate surface area is 164 Å². The van der Waals surface area contributed by atoms with Crippen LogP contribution in [0.15, 0.2) is 23.6 Å². The Morgan fingerprint density at radius 3 is 2.67 bits per heavy atom. The van der Waals surface area contributed by atoms with Crippen LogP contribution >= 0.6 is 23.1 Å². The first kappa shape index (κ1) is 19.8. The van der Waals surface area contributed by atoms with Gasteiger partial charge in [0, 0.05) is 24.0 Å². The van der Waals surface area contributed by atoms with E-state index in [1.54, 1.807) is 5.38 Å². The fraction of sp³-hybridized carbons (Fsp3) is 0.389. The number of piperidine rings is 1. The van der Waals surface area contributed by atoms with Crippen LogP contribution in [-0.4, -0.2) is 46.3 Å². The van der Waals surface area contributed by atoms with Crippen molar-refractivity contribution in [3.05, 3.63) is 35.2 Å². The topological polar surface area (TPSA) is 62.3 Å². The zero-order chi connectivity index (χ0) is 19.2. The summed E-state index contributed by atoms with van der Waals surface area (Å²) in [6.45, 7) is 1.61. The van der Waals surface area contributed by atoms with Gasteiger partial charge >= 0.3 is 0 Å². The van der Waals surface area contributed by atoms with Crippen LogP contribution in [0.3, 0.4) is 0 Å². The second-order valence-corrected chi connectivity index (χ2v) is 7.99. The molecule has 1 fully saturated rings. The molecule has 1 aliphatic rings. The maximum absolute atomic E-state index is 13.3. The minimum Gasteiger partial charge on any atom is -0.342 e. The van der Waals surface area contributed by atoms with Crippen LogP contribution in [0.25, 0.3) is 11.3 Å². The summed E-state index contributed by atoms with van der Waals surface area (Å²) in [6, 6.07) is 3.54. The van der Waals surface area contributed by atoms with Crippen LogP contribution in [0.4, 0.5) is 13.9 Å². The first-order valence-electron chi connectivity index (χ1n) is 8.59. The smallest absolute Gasteiger partial charge is 0.236 e. The maximum atomic E-state index is 13.3. The molecular weight excluding hydrogens is 392 g/mol. The van der Waals surface area contributed by atoms with E-state index in [0.717, 1.165) is 38.1 Å². The van der Waals surface area contributed by atoms with Crippen molar-refractivity contribution in [2.24, 2.45) is 0 Å². The van der Waals surface area contributed by atoms with Gasteiger partial charge in [0.2, 0.25) is 11.8 Å². The number of thiazole rings is 1. The molecule has 0 radical (unpaired) electrons. The average Bonchev–Trinajstić information content (AvgIpc) is 3.13. The number of amides is 2. The SMILES string of the molecule is O=C(CSCC(=O)N1CCCCC1)Nc1nc(-c2ccc(F)c(F)c2)cs1. The zero-order valence-electron chi connectivity index (χ0n) is 14.5. The Hall–Kier alpha value is -2.00. The summed E-state index contributed by atoms with van der Waals surface area (Å²) in [5.74, 6) is -1.61. The normalized spacial score (nSPS) is 14.2. The summed E-state index contributed by atoms with van der Waals surface area (Å²) in [5, 5.41) is 4.71. The van der Waals surface area contributed by atoms with E-state index >= 15 is 0 Å². The highest BCUT2D eigenvalue weighted by molar-refractivity contribution is 8.00. The molecule has 0 unspecified atom stereocenters. The third-order valence-electron chi connectivity index (χ3n) is 4.13. The number of carbonyl (C=O) groups excluding carboxylic acids is 2. The van der Waals surface area contributed by atoms with E-state index < -0.39 is 11.6 Å². The van der Waals surface area contributed by atoms with Crippen molar-refractivity contribution in [3.8, 4) is 11.3 Å². The van der Waals surface area contributed by atoms with Gasteiger partial charge in [-0.25, -0.2) is 13.8 Å². The van der Waals surface area contributed by atoms with Gasteiger partial charge in [-0.15, -0.1) is 23.1 Å². The summed E-state index contributed by atoms with van der Waals surface area (Å²) in [5.41, 5.74) is 0.897. The van der Waals surface area contributed by atoms with E-state index in [1.165, 1.54) is 35.6 Å². The zero-order valence-corrected chi connectivity index (χ0v) is 16.2. The summed E-state index contributed by atoms with van der Waals surface area (Å²) in [4.78, 5) is 30.1. The molecule has 1 aromatic carbocycles. The standard InChI is InChI=1S/C18H19F2N3O2S2/c19-13-5-4-12(8-14(13)20)15-9-27-18(21-15)22-16(24)10-26-11-17(25)23-6-2-1-3-7-23/h4-5,8-9H,1-3,6-7,10-11H2,(H,21,22,24). The molecule has 1 aliphatic heterocycles. The van der Waals surface area contributed by atoms with Crippen molar-refractivity contribution in [2.45, 2.75) is 19.3 Å². The molecule has 144 valence electrons. The molecule has 1 aromatic heterocycles. The van der Waals surface area contributed by atoms with E-state index in [0.29, 0.717) is 16.4 Å². The van der Waals surface area contributed by atoms with Gasteiger partial charge in [-0.2, -0.15) is 0 Å². The lowest BCUT2D eigenvalue weighted by Crippen LogP contribution is -2.37. The number of nitrogens with zero attached hydrogens (tertiary/aromatic N) is 2. The fourth-order valence-corrected chi connectivity index (χ4v) is 4.19. The molecule has 1 saturated heterocycles. The van der Waals surface area contributed by atoms with Crippen molar-refractivity contribution in [3.63, 3.8) is 0 Å². The van der Waals surface area contributed by atoms with Gasteiger partial charge in [-0.1, -0.05) is 0 Å². The van der Waals surface area contributed by atoms with Gasteiger partial charge in [0.1, 0.15) is 0 Å². The largest absolute Gasteiger partial charge is 0.342 e. The van der Waals surface area contributed by atoms with Crippen molar-refractivity contribution in [1.29, 1.82) is 0 Å². The molecule has 5 nitrogen and oxygen atoms in total. The molecule has 1 N–H and O–H groups in total. The molecule has 2 amide bonds. The molecule has 9 heteroatoms. The molecule has 3 rings (SSSR count). The number of nitrogens with one attached hydrogen (secondary N) is 1. The summed E-state index contributed by atoms with van der Waals surface area (Å²) in [7, 11) is 0. The van der Waals surface area contributed by atoms with Gasteiger partial charge in [-0.05, 0) is 37.5 Å². The summed E-state index contributed by atoms with van der Waals surface area (Å²) in [6.07, 6.45) is 3.25. The van der Waals surface area contributed by atoms with E-state index in [2.05, 4.69) is 10.3 Å². The number of anilines is 1. The Bertz CT molecular complexity index is 823. The molecule has 2 aromatic rings. The molecular formula is C18H19F2N3O2S2. The van der Waals surface area contributed by atoms with Crippen LogP contribution in [0.5, 0.6) is 0 Å². The molecule has 0 spiro atoms. The van der Waals surface area contributed by atoms with E-state index in [4.69, 9.17) is 0 Å². The highest BCUT2D eigenvalue weighted by Gasteiger charge is 2.17. The predicted molar refractivity (Wildman–Crippen MR) is 104 cm³/mol. The number of hydrogen-bond acceptors (Lipinski definition) is 5. The van der Waals surface area contributed by atoms with Crippen LogP contribution in [0, 0.1) is 11.6 Å². The third-order valence-corrected chi connectivity index (χ3v) is 5.81. The van der Waals surface area contributed by atoms with Crippen molar-refractivity contribution < 1.29 is 18.4 Å². The van der Waals surface area contributed by atoms with Gasteiger partial charge in [-0.3, -0.25) is 9.59 Å². The van der Waals surface area contributed by atoms with Crippen LogP contribution in [-0.2, 0) is 9.59 Å². The maximum Gasteiger partial charge on any atom is 0.236 e. The molecule has 0 aliphatic carbocycles. The number of halogens is 2. The van der Waals surface area contributed by atoms with Crippen molar-refractivity contribution in [2.75, 3.05) is 29.9 Å². The molecule has 2 heterocycles.